The topological polar surface area (TPSA) is 68.2 Å². The molecule has 0 atom stereocenters. The Bertz CT molecular complexity index is 808. The second-order valence-electron chi connectivity index (χ2n) is 7.63. The molecule has 2 saturated heterocycles. The minimum Gasteiger partial charge on any atom is -0.368 e. The second kappa shape index (κ2) is 10.00. The average molecular weight is 442 g/mol. The molecule has 1 N–H and O–H groups in total. The van der Waals surface area contributed by atoms with E-state index in [1.807, 2.05) is 12.1 Å². The molecule has 7 nitrogen and oxygen atoms in total. The molecule has 0 unspecified atom stereocenters. The van der Waals surface area contributed by atoms with E-state index in [2.05, 4.69) is 39.9 Å². The van der Waals surface area contributed by atoms with E-state index in [1.54, 1.807) is 0 Å². The second-order valence-corrected chi connectivity index (χ2v) is 10.4. The number of nitrogens with zero attached hydrogens (tertiary/aromatic N) is 4. The maximum absolute atomic E-state index is 11.6. The van der Waals surface area contributed by atoms with E-state index in [-0.39, 0.29) is 11.5 Å². The number of hydrogen-bond donors (Lipinski definition) is 1. The predicted molar refractivity (Wildman–Crippen MR) is 121 cm³/mol. The Morgan fingerprint density at radius 1 is 1.14 bits per heavy atom. The zero-order valence-corrected chi connectivity index (χ0v) is 19.0. The van der Waals surface area contributed by atoms with Crippen LogP contribution in [-0.2, 0) is 9.84 Å². The largest absolute Gasteiger partial charge is 0.368 e. The standard InChI is InChI=1S/C20H32ClN5O2S/c1-3-22-20(23-6-7-24-12-14-29(27,28)15-13-24)26-10-8-25(9-11-26)19-16-18(21)5-4-17(19)2/h4-5,16H,3,6-15H2,1-2H3,(H,22,23). The third-order valence-corrected chi connectivity index (χ3v) is 7.39. The van der Waals surface area contributed by atoms with Crippen LogP contribution in [-0.4, -0.2) is 94.6 Å². The number of nitrogens with one attached hydrogen (secondary N) is 1. The number of piperazine rings is 1. The van der Waals surface area contributed by atoms with E-state index in [1.165, 1.54) is 11.3 Å². The number of guanidine groups is 1. The van der Waals surface area contributed by atoms with E-state index in [4.69, 9.17) is 16.6 Å². The number of benzene rings is 1. The van der Waals surface area contributed by atoms with E-state index in [9.17, 15) is 8.42 Å². The number of sulfone groups is 1. The van der Waals surface area contributed by atoms with Crippen LogP contribution < -0.4 is 10.2 Å². The van der Waals surface area contributed by atoms with Crippen molar-refractivity contribution in [1.29, 1.82) is 0 Å². The van der Waals surface area contributed by atoms with E-state index in [0.717, 1.165) is 50.3 Å². The van der Waals surface area contributed by atoms with Gasteiger partial charge in [-0.25, -0.2) is 8.42 Å². The molecule has 2 fully saturated rings. The van der Waals surface area contributed by atoms with E-state index >= 15 is 0 Å². The first-order valence-electron chi connectivity index (χ1n) is 10.3. The number of halogens is 1. The van der Waals surface area contributed by atoms with Crippen LogP contribution in [0.3, 0.4) is 0 Å². The molecule has 1 aromatic rings. The van der Waals surface area contributed by atoms with Crippen LogP contribution in [0.1, 0.15) is 12.5 Å². The lowest BCUT2D eigenvalue weighted by atomic mass is 10.1. The van der Waals surface area contributed by atoms with Crippen LogP contribution in [0, 0.1) is 6.92 Å². The predicted octanol–water partition coefficient (Wildman–Crippen LogP) is 1.47. The van der Waals surface area contributed by atoms with Crippen LogP contribution >= 0.6 is 11.6 Å². The first-order valence-corrected chi connectivity index (χ1v) is 12.5. The Kier molecular flexibility index (Phi) is 7.65. The van der Waals surface area contributed by atoms with E-state index in [0.29, 0.717) is 19.6 Å². The lowest BCUT2D eigenvalue weighted by molar-refractivity contribution is 0.302. The van der Waals surface area contributed by atoms with Crippen molar-refractivity contribution in [3.63, 3.8) is 0 Å². The third-order valence-electron chi connectivity index (χ3n) is 5.54. The lowest BCUT2D eigenvalue weighted by Crippen LogP contribution is -2.53. The molecule has 0 bridgehead atoms. The first-order chi connectivity index (χ1) is 13.9. The van der Waals surface area contributed by atoms with Crippen molar-refractivity contribution >= 4 is 33.1 Å². The summed E-state index contributed by atoms with van der Waals surface area (Å²) >= 11 is 6.19. The highest BCUT2D eigenvalue weighted by atomic mass is 35.5. The molecule has 162 valence electrons. The number of aryl methyl sites for hydroxylation is 1. The molecule has 1 aromatic carbocycles. The van der Waals surface area contributed by atoms with Gasteiger partial charge in [0.2, 0.25) is 0 Å². The molecule has 0 saturated carbocycles. The fraction of sp³-hybridized carbons (Fsp3) is 0.650. The highest BCUT2D eigenvalue weighted by molar-refractivity contribution is 7.91. The smallest absolute Gasteiger partial charge is 0.194 e. The van der Waals surface area contributed by atoms with Gasteiger partial charge in [0, 0.05) is 63.1 Å². The van der Waals surface area contributed by atoms with Gasteiger partial charge in [-0.2, -0.15) is 0 Å². The Balaban J connectivity index is 1.53. The summed E-state index contributed by atoms with van der Waals surface area (Å²) in [4.78, 5) is 11.7. The lowest BCUT2D eigenvalue weighted by Gasteiger charge is -2.38. The molecule has 0 radical (unpaired) electrons. The number of hydrogen-bond acceptors (Lipinski definition) is 5. The van der Waals surface area contributed by atoms with Crippen LogP contribution in [0.4, 0.5) is 5.69 Å². The third kappa shape index (κ3) is 6.23. The molecule has 2 aliphatic rings. The molecule has 2 heterocycles. The Labute approximate surface area is 179 Å². The summed E-state index contributed by atoms with van der Waals surface area (Å²) in [5.41, 5.74) is 2.45. The summed E-state index contributed by atoms with van der Waals surface area (Å²) in [6.45, 7) is 11.4. The Morgan fingerprint density at radius 2 is 1.83 bits per heavy atom. The summed E-state index contributed by atoms with van der Waals surface area (Å²) in [6.07, 6.45) is 0. The van der Waals surface area contributed by atoms with Gasteiger partial charge >= 0.3 is 0 Å². The molecular formula is C20H32ClN5O2S. The quantitative estimate of drug-likeness (QED) is 0.551. The molecule has 0 amide bonds. The fourth-order valence-corrected chi connectivity index (χ4v) is 5.22. The molecule has 29 heavy (non-hydrogen) atoms. The van der Waals surface area contributed by atoms with Crippen molar-refractivity contribution in [2.75, 3.05) is 75.3 Å². The molecule has 0 aliphatic carbocycles. The minimum absolute atomic E-state index is 0.266. The highest BCUT2D eigenvalue weighted by Gasteiger charge is 2.22. The molecule has 0 spiro atoms. The van der Waals surface area contributed by atoms with Gasteiger partial charge in [0.25, 0.3) is 0 Å². The number of anilines is 1. The minimum atomic E-state index is -2.83. The fourth-order valence-electron chi connectivity index (χ4n) is 3.78. The van der Waals surface area contributed by atoms with E-state index < -0.39 is 9.84 Å². The van der Waals surface area contributed by atoms with Gasteiger partial charge in [-0.05, 0) is 31.5 Å². The van der Waals surface area contributed by atoms with Crippen LogP contribution in [0.2, 0.25) is 5.02 Å². The molecule has 2 aliphatic heterocycles. The normalized spacial score (nSPS) is 20.7. The van der Waals surface area contributed by atoms with Crippen molar-refractivity contribution in [1.82, 2.24) is 15.1 Å². The summed E-state index contributed by atoms with van der Waals surface area (Å²) in [6, 6.07) is 6.05. The van der Waals surface area contributed by atoms with Gasteiger partial charge in [-0.3, -0.25) is 9.89 Å². The zero-order chi connectivity index (χ0) is 20.9. The van der Waals surface area contributed by atoms with Crippen molar-refractivity contribution in [2.24, 2.45) is 4.99 Å². The summed E-state index contributed by atoms with van der Waals surface area (Å²) < 4.78 is 23.1. The van der Waals surface area contributed by atoms with Crippen LogP contribution in [0.15, 0.2) is 23.2 Å². The van der Waals surface area contributed by atoms with Crippen LogP contribution in [0.5, 0.6) is 0 Å². The average Bonchev–Trinajstić information content (AvgIpc) is 2.70. The summed E-state index contributed by atoms with van der Waals surface area (Å²) in [7, 11) is -2.83. The van der Waals surface area contributed by atoms with Crippen molar-refractivity contribution in [3.8, 4) is 0 Å². The first kappa shape index (κ1) is 22.2. The summed E-state index contributed by atoms with van der Waals surface area (Å²) in [5.74, 6) is 1.48. The maximum Gasteiger partial charge on any atom is 0.194 e. The molecule has 0 aromatic heterocycles. The summed E-state index contributed by atoms with van der Waals surface area (Å²) in [5, 5.41) is 4.17. The van der Waals surface area contributed by atoms with Gasteiger partial charge in [0.15, 0.2) is 15.8 Å². The monoisotopic (exact) mass is 441 g/mol. The van der Waals surface area contributed by atoms with Crippen molar-refractivity contribution in [2.45, 2.75) is 13.8 Å². The van der Waals surface area contributed by atoms with Gasteiger partial charge in [-0.15, -0.1) is 0 Å². The van der Waals surface area contributed by atoms with Gasteiger partial charge in [0.1, 0.15) is 0 Å². The zero-order valence-electron chi connectivity index (χ0n) is 17.4. The van der Waals surface area contributed by atoms with Crippen molar-refractivity contribution in [3.05, 3.63) is 28.8 Å². The molecule has 9 heteroatoms. The van der Waals surface area contributed by atoms with Crippen LogP contribution in [0.25, 0.3) is 0 Å². The molecular weight excluding hydrogens is 410 g/mol. The number of rotatable bonds is 5. The SMILES string of the molecule is CCNC(=NCCN1CCS(=O)(=O)CC1)N1CCN(c2cc(Cl)ccc2C)CC1. The maximum atomic E-state index is 11.6. The van der Waals surface area contributed by atoms with Gasteiger partial charge in [-0.1, -0.05) is 17.7 Å². The van der Waals surface area contributed by atoms with Crippen molar-refractivity contribution < 1.29 is 8.42 Å². The number of aliphatic imine (C=N–C) groups is 1. The van der Waals surface area contributed by atoms with Gasteiger partial charge in [0.05, 0.1) is 18.1 Å². The van der Waals surface area contributed by atoms with Gasteiger partial charge < -0.3 is 15.1 Å². The Morgan fingerprint density at radius 3 is 2.48 bits per heavy atom. The Hall–Kier alpha value is -1.51. The molecule has 3 rings (SSSR count). The highest BCUT2D eigenvalue weighted by Crippen LogP contribution is 2.25.